The van der Waals surface area contributed by atoms with Gasteiger partial charge >= 0.3 is 6.18 Å². The quantitative estimate of drug-likeness (QED) is 0.701. The Labute approximate surface area is 172 Å². The second-order valence-corrected chi connectivity index (χ2v) is 9.37. The van der Waals surface area contributed by atoms with Gasteiger partial charge in [-0.3, -0.25) is 9.69 Å². The molecule has 0 spiro atoms. The minimum atomic E-state index is -4.58. The van der Waals surface area contributed by atoms with Gasteiger partial charge in [-0.15, -0.1) is 0 Å². The number of hydrogen-bond acceptors (Lipinski definition) is 6. The molecule has 1 aliphatic rings. The summed E-state index contributed by atoms with van der Waals surface area (Å²) in [6, 6.07) is 2.68. The molecule has 0 bridgehead atoms. The SMILES string of the molecule is CCCN(CC(=O)Nc1cc(C(F)(F)F)ccc1-n1cncn1)C1CCS(=O)(=O)C1. The van der Waals surface area contributed by atoms with Crippen molar-refractivity contribution >= 4 is 21.4 Å². The number of hydrogen-bond donors (Lipinski definition) is 1. The van der Waals surface area contributed by atoms with E-state index in [0.29, 0.717) is 19.4 Å². The predicted octanol–water partition coefficient (Wildman–Crippen LogP) is 2.12. The summed E-state index contributed by atoms with van der Waals surface area (Å²) >= 11 is 0. The highest BCUT2D eigenvalue weighted by atomic mass is 32.2. The lowest BCUT2D eigenvalue weighted by molar-refractivity contribution is -0.137. The van der Waals surface area contributed by atoms with Crippen molar-refractivity contribution in [3.63, 3.8) is 0 Å². The van der Waals surface area contributed by atoms with Crippen molar-refractivity contribution in [1.29, 1.82) is 0 Å². The van der Waals surface area contributed by atoms with E-state index in [1.54, 1.807) is 4.90 Å². The van der Waals surface area contributed by atoms with Gasteiger partial charge in [-0.2, -0.15) is 18.3 Å². The zero-order valence-corrected chi connectivity index (χ0v) is 17.1. The van der Waals surface area contributed by atoms with E-state index < -0.39 is 27.5 Å². The number of alkyl halides is 3. The summed E-state index contributed by atoms with van der Waals surface area (Å²) in [4.78, 5) is 18.2. The molecule has 2 heterocycles. The number of nitrogens with zero attached hydrogens (tertiary/aromatic N) is 4. The molecule has 1 atom stereocenters. The Hall–Kier alpha value is -2.47. The van der Waals surface area contributed by atoms with E-state index in [0.717, 1.165) is 12.1 Å². The van der Waals surface area contributed by atoms with Gasteiger partial charge in [-0.1, -0.05) is 6.92 Å². The second kappa shape index (κ2) is 8.72. The van der Waals surface area contributed by atoms with Crippen LogP contribution in [0.25, 0.3) is 5.69 Å². The molecule has 1 aliphatic heterocycles. The summed E-state index contributed by atoms with van der Waals surface area (Å²) in [6.07, 6.45) is -0.897. The number of sulfone groups is 1. The van der Waals surface area contributed by atoms with Gasteiger partial charge in [0.15, 0.2) is 9.84 Å². The molecule has 1 unspecified atom stereocenters. The summed E-state index contributed by atoms with van der Waals surface area (Å²) in [6.45, 7) is 2.29. The smallest absolute Gasteiger partial charge is 0.323 e. The summed E-state index contributed by atoms with van der Waals surface area (Å²) in [5.41, 5.74) is -0.732. The fourth-order valence-corrected chi connectivity index (χ4v) is 5.22. The molecule has 30 heavy (non-hydrogen) atoms. The van der Waals surface area contributed by atoms with Crippen molar-refractivity contribution in [2.45, 2.75) is 32.0 Å². The third kappa shape index (κ3) is 5.36. The molecule has 8 nitrogen and oxygen atoms in total. The monoisotopic (exact) mass is 445 g/mol. The number of halogens is 3. The van der Waals surface area contributed by atoms with Crippen molar-refractivity contribution in [1.82, 2.24) is 19.7 Å². The molecule has 0 radical (unpaired) electrons. The maximum Gasteiger partial charge on any atom is 0.416 e. The van der Waals surface area contributed by atoms with Crippen LogP contribution in [0.5, 0.6) is 0 Å². The Balaban J connectivity index is 1.82. The van der Waals surface area contributed by atoms with E-state index in [1.165, 1.54) is 23.4 Å². The molecule has 1 aromatic heterocycles. The van der Waals surface area contributed by atoms with E-state index >= 15 is 0 Å². The first-order valence-electron chi connectivity index (χ1n) is 9.39. The molecule has 0 saturated carbocycles. The fourth-order valence-electron chi connectivity index (χ4n) is 3.46. The number of amides is 1. The Bertz CT molecular complexity index is 993. The van der Waals surface area contributed by atoms with Crippen LogP contribution in [-0.4, -0.2) is 64.6 Å². The molecule has 3 rings (SSSR count). The number of rotatable bonds is 7. The lowest BCUT2D eigenvalue weighted by Crippen LogP contribution is -2.42. The topological polar surface area (TPSA) is 97.2 Å². The summed E-state index contributed by atoms with van der Waals surface area (Å²) < 4.78 is 64.3. The predicted molar refractivity (Wildman–Crippen MR) is 104 cm³/mol. The Kier molecular flexibility index (Phi) is 6.46. The highest BCUT2D eigenvalue weighted by Gasteiger charge is 2.34. The van der Waals surface area contributed by atoms with Crippen LogP contribution in [0, 0.1) is 0 Å². The first-order valence-corrected chi connectivity index (χ1v) is 11.2. The number of aromatic nitrogens is 3. The molecule has 1 saturated heterocycles. The van der Waals surface area contributed by atoms with E-state index in [-0.39, 0.29) is 35.5 Å². The molecular formula is C18H22F3N5O3S. The fraction of sp³-hybridized carbons (Fsp3) is 0.500. The maximum atomic E-state index is 13.2. The van der Waals surface area contributed by atoms with E-state index in [9.17, 15) is 26.4 Å². The molecule has 1 amide bonds. The number of carbonyl (C=O) groups excluding carboxylic acids is 1. The Morgan fingerprint density at radius 1 is 1.37 bits per heavy atom. The van der Waals surface area contributed by atoms with Crippen LogP contribution >= 0.6 is 0 Å². The van der Waals surface area contributed by atoms with Crippen LogP contribution in [0.3, 0.4) is 0 Å². The lowest BCUT2D eigenvalue weighted by atomic mass is 10.1. The molecule has 164 valence electrons. The minimum Gasteiger partial charge on any atom is -0.323 e. The van der Waals surface area contributed by atoms with Crippen LogP contribution in [-0.2, 0) is 20.8 Å². The van der Waals surface area contributed by atoms with Crippen LogP contribution in [0.2, 0.25) is 0 Å². The van der Waals surface area contributed by atoms with Crippen LogP contribution < -0.4 is 5.32 Å². The van der Waals surface area contributed by atoms with Gasteiger partial charge in [0.25, 0.3) is 0 Å². The normalized spacial score (nSPS) is 18.6. The average molecular weight is 445 g/mol. The zero-order chi connectivity index (χ0) is 21.9. The molecular weight excluding hydrogens is 423 g/mol. The van der Waals surface area contributed by atoms with Crippen LogP contribution in [0.4, 0.5) is 18.9 Å². The van der Waals surface area contributed by atoms with E-state index in [4.69, 9.17) is 0 Å². The standard InChI is InChI=1S/C18H22F3N5O3S/c1-2-6-25(14-5-7-30(28,29)10-14)9-17(27)24-15-8-13(18(19,20)21)3-4-16(15)26-12-22-11-23-26/h3-4,8,11-12,14H,2,5-7,9-10H2,1H3,(H,24,27). The third-order valence-corrected chi connectivity index (χ3v) is 6.60. The highest BCUT2D eigenvalue weighted by Crippen LogP contribution is 2.33. The van der Waals surface area contributed by atoms with E-state index in [1.807, 2.05) is 6.92 Å². The average Bonchev–Trinajstić information content (AvgIpc) is 3.30. The van der Waals surface area contributed by atoms with Crippen LogP contribution in [0.15, 0.2) is 30.9 Å². The molecule has 12 heteroatoms. The number of nitrogens with one attached hydrogen (secondary N) is 1. The number of anilines is 1. The third-order valence-electron chi connectivity index (χ3n) is 4.85. The number of carbonyl (C=O) groups is 1. The summed E-state index contributed by atoms with van der Waals surface area (Å²) in [5, 5.41) is 6.44. The van der Waals surface area contributed by atoms with Gasteiger partial charge < -0.3 is 5.32 Å². The first-order chi connectivity index (χ1) is 14.1. The zero-order valence-electron chi connectivity index (χ0n) is 16.3. The van der Waals surface area contributed by atoms with E-state index in [2.05, 4.69) is 15.4 Å². The van der Waals surface area contributed by atoms with Crippen molar-refractivity contribution in [2.75, 3.05) is 29.9 Å². The summed E-state index contributed by atoms with van der Waals surface area (Å²) in [7, 11) is -3.13. The van der Waals surface area contributed by atoms with Gasteiger partial charge in [0.1, 0.15) is 12.7 Å². The second-order valence-electron chi connectivity index (χ2n) is 7.15. The van der Waals surface area contributed by atoms with Gasteiger partial charge in [-0.05, 0) is 37.6 Å². The summed E-state index contributed by atoms with van der Waals surface area (Å²) in [5.74, 6) is -0.481. The number of benzene rings is 1. The van der Waals surface area contributed by atoms with Gasteiger partial charge in [0.05, 0.1) is 35.0 Å². The van der Waals surface area contributed by atoms with Gasteiger partial charge in [-0.25, -0.2) is 18.1 Å². The van der Waals surface area contributed by atoms with Crippen molar-refractivity contribution in [3.05, 3.63) is 36.4 Å². The van der Waals surface area contributed by atoms with Crippen LogP contribution in [0.1, 0.15) is 25.3 Å². The minimum absolute atomic E-state index is 0.0198. The molecule has 1 N–H and O–H groups in total. The molecule has 1 aromatic carbocycles. The lowest BCUT2D eigenvalue weighted by Gasteiger charge is -2.27. The molecule has 2 aromatic rings. The Morgan fingerprint density at radius 2 is 2.13 bits per heavy atom. The Morgan fingerprint density at radius 3 is 2.70 bits per heavy atom. The molecule has 0 aliphatic carbocycles. The van der Waals surface area contributed by atoms with Crippen molar-refractivity contribution in [2.24, 2.45) is 0 Å². The first kappa shape index (κ1) is 22.2. The van der Waals surface area contributed by atoms with Crippen molar-refractivity contribution in [3.8, 4) is 5.69 Å². The van der Waals surface area contributed by atoms with Gasteiger partial charge in [0, 0.05) is 6.04 Å². The largest absolute Gasteiger partial charge is 0.416 e. The van der Waals surface area contributed by atoms with Gasteiger partial charge in [0.2, 0.25) is 5.91 Å². The maximum absolute atomic E-state index is 13.2. The molecule has 1 fully saturated rings. The highest BCUT2D eigenvalue weighted by molar-refractivity contribution is 7.91. The van der Waals surface area contributed by atoms with Crippen molar-refractivity contribution < 1.29 is 26.4 Å².